The first-order chi connectivity index (χ1) is 16.4. The zero-order valence-electron chi connectivity index (χ0n) is 18.9. The Morgan fingerprint density at radius 2 is 1.65 bits per heavy atom. The number of nitrogens with zero attached hydrogens (tertiary/aromatic N) is 1. The van der Waals surface area contributed by atoms with E-state index >= 15 is 0 Å². The minimum absolute atomic E-state index is 0.0215. The first kappa shape index (κ1) is 21.2. The third kappa shape index (κ3) is 3.45. The van der Waals surface area contributed by atoms with E-state index in [2.05, 4.69) is 29.6 Å². The van der Waals surface area contributed by atoms with Crippen LogP contribution in [-0.2, 0) is 14.3 Å². The van der Waals surface area contributed by atoms with Crippen LogP contribution in [0.4, 0.5) is 4.79 Å². The number of hydrogen-bond donors (Lipinski definition) is 2. The Morgan fingerprint density at radius 1 is 1.00 bits per heavy atom. The van der Waals surface area contributed by atoms with Crippen LogP contribution in [0.25, 0.3) is 11.1 Å². The van der Waals surface area contributed by atoms with Crippen LogP contribution in [0, 0.1) is 17.3 Å². The van der Waals surface area contributed by atoms with E-state index in [1.807, 2.05) is 24.3 Å². The fourth-order valence-corrected chi connectivity index (χ4v) is 6.50. The van der Waals surface area contributed by atoms with Crippen molar-refractivity contribution in [2.75, 3.05) is 19.7 Å². The van der Waals surface area contributed by atoms with E-state index in [1.165, 1.54) is 22.3 Å². The van der Waals surface area contributed by atoms with Gasteiger partial charge in [-0.25, -0.2) is 4.79 Å². The topological polar surface area (TPSA) is 95.9 Å². The van der Waals surface area contributed by atoms with Gasteiger partial charge < -0.3 is 20.1 Å². The number of carbonyl (C=O) groups excluding carboxylic acids is 2. The van der Waals surface area contributed by atoms with Gasteiger partial charge >= 0.3 is 12.1 Å². The third-order valence-electron chi connectivity index (χ3n) is 8.21. The first-order valence-electron chi connectivity index (χ1n) is 12.1. The number of aliphatic carboxylic acids is 1. The molecule has 2 aromatic carbocycles. The molecule has 3 aliphatic carbocycles. The van der Waals surface area contributed by atoms with Gasteiger partial charge in [0.1, 0.15) is 6.61 Å². The zero-order chi connectivity index (χ0) is 23.4. The molecule has 2 aromatic rings. The van der Waals surface area contributed by atoms with E-state index < -0.39 is 12.1 Å². The molecule has 2 N–H and O–H groups in total. The fourth-order valence-electron chi connectivity index (χ4n) is 6.50. The van der Waals surface area contributed by atoms with Crippen molar-refractivity contribution >= 4 is 18.0 Å². The van der Waals surface area contributed by atoms with Crippen molar-refractivity contribution in [1.82, 2.24) is 10.2 Å². The summed E-state index contributed by atoms with van der Waals surface area (Å²) in [5.41, 5.74) is 4.38. The first-order valence-corrected chi connectivity index (χ1v) is 12.1. The summed E-state index contributed by atoms with van der Waals surface area (Å²) in [6.45, 7) is 1.34. The number of alkyl carbamates (subject to hydrolysis) is 1. The van der Waals surface area contributed by atoms with Gasteiger partial charge in [0, 0.05) is 31.0 Å². The van der Waals surface area contributed by atoms with Gasteiger partial charge in [-0.05, 0) is 47.4 Å². The summed E-state index contributed by atoms with van der Waals surface area (Å²) in [6.07, 6.45) is 1.99. The van der Waals surface area contributed by atoms with Crippen LogP contribution in [0.1, 0.15) is 42.7 Å². The summed E-state index contributed by atoms with van der Waals surface area (Å²) in [5.74, 6) is -0.291. The van der Waals surface area contributed by atoms with Crippen molar-refractivity contribution in [2.45, 2.75) is 37.6 Å². The molecule has 0 spiro atoms. The second kappa shape index (κ2) is 7.86. The van der Waals surface area contributed by atoms with E-state index in [0.29, 0.717) is 25.4 Å². The molecule has 0 radical (unpaired) electrons. The molecular formula is C27H28N2O5. The maximum Gasteiger partial charge on any atom is 0.407 e. The Bertz CT molecular complexity index is 1130. The van der Waals surface area contributed by atoms with Crippen molar-refractivity contribution in [3.8, 4) is 11.1 Å². The van der Waals surface area contributed by atoms with E-state index in [-0.39, 0.29) is 42.2 Å². The van der Waals surface area contributed by atoms with Crippen molar-refractivity contribution in [3.05, 3.63) is 59.7 Å². The molecule has 3 fully saturated rings. The van der Waals surface area contributed by atoms with Crippen LogP contribution in [0.15, 0.2) is 48.5 Å². The average Bonchev–Trinajstić information content (AvgIpc) is 3.22. The fraction of sp³-hybridized carbons (Fsp3) is 0.444. The summed E-state index contributed by atoms with van der Waals surface area (Å²) in [4.78, 5) is 38.3. The second-order valence-electron chi connectivity index (χ2n) is 10.3. The molecule has 1 saturated heterocycles. The van der Waals surface area contributed by atoms with Gasteiger partial charge in [0.2, 0.25) is 5.91 Å². The highest BCUT2D eigenvalue weighted by Gasteiger charge is 2.66. The predicted octanol–water partition coefficient (Wildman–Crippen LogP) is 3.63. The van der Waals surface area contributed by atoms with Crippen LogP contribution in [-0.4, -0.2) is 53.7 Å². The number of hydrogen-bond acceptors (Lipinski definition) is 4. The molecule has 6 rings (SSSR count). The van der Waals surface area contributed by atoms with Gasteiger partial charge in [0.15, 0.2) is 0 Å². The molecule has 7 heteroatoms. The number of benzene rings is 2. The lowest BCUT2D eigenvalue weighted by Gasteiger charge is -2.40. The standard InChI is InChI=1S/C27H28N2O5/c30-24(31)9-16-13-29(14-16)25(32)27-11-17(27)10-18(12-27)28-26(33)34-15-23-21-7-3-1-5-19(21)20-6-2-4-8-22(20)23/h1-8,16-18,23H,9-15H2,(H,28,33)(H,30,31). The second-order valence-corrected chi connectivity index (χ2v) is 10.3. The van der Waals surface area contributed by atoms with Gasteiger partial charge in [0.05, 0.1) is 11.8 Å². The van der Waals surface area contributed by atoms with E-state index in [1.54, 1.807) is 4.90 Å². The molecule has 0 aromatic heterocycles. The zero-order valence-corrected chi connectivity index (χ0v) is 18.9. The SMILES string of the molecule is O=C(O)CC1CN(C(=O)C23CC(NC(=O)OCC4c5ccccc5-c5ccccc54)CC2C3)C1. The predicted molar refractivity (Wildman–Crippen MR) is 124 cm³/mol. The summed E-state index contributed by atoms with van der Waals surface area (Å²) in [7, 11) is 0. The van der Waals surface area contributed by atoms with E-state index in [9.17, 15) is 14.4 Å². The van der Waals surface area contributed by atoms with E-state index in [0.717, 1.165) is 12.8 Å². The molecule has 34 heavy (non-hydrogen) atoms. The molecule has 3 atom stereocenters. The van der Waals surface area contributed by atoms with Gasteiger partial charge in [-0.3, -0.25) is 9.59 Å². The van der Waals surface area contributed by atoms with Crippen LogP contribution in [0.2, 0.25) is 0 Å². The van der Waals surface area contributed by atoms with Crippen LogP contribution in [0.3, 0.4) is 0 Å². The van der Waals surface area contributed by atoms with Gasteiger partial charge in [-0.2, -0.15) is 0 Å². The Morgan fingerprint density at radius 3 is 2.29 bits per heavy atom. The molecule has 7 nitrogen and oxygen atoms in total. The van der Waals surface area contributed by atoms with Gasteiger partial charge in [-0.1, -0.05) is 48.5 Å². The highest BCUT2D eigenvalue weighted by molar-refractivity contribution is 5.88. The molecular weight excluding hydrogens is 432 g/mol. The molecule has 176 valence electrons. The van der Waals surface area contributed by atoms with Crippen LogP contribution in [0.5, 0.6) is 0 Å². The Hall–Kier alpha value is -3.35. The van der Waals surface area contributed by atoms with Gasteiger partial charge in [-0.15, -0.1) is 0 Å². The molecule has 1 aliphatic heterocycles. The van der Waals surface area contributed by atoms with Crippen molar-refractivity contribution in [2.24, 2.45) is 17.3 Å². The number of fused-ring (bicyclic) bond motifs is 4. The number of amides is 2. The Kier molecular flexibility index (Phi) is 4.90. The van der Waals surface area contributed by atoms with Crippen molar-refractivity contribution < 1.29 is 24.2 Å². The lowest BCUT2D eigenvalue weighted by molar-refractivity contribution is -0.148. The molecule has 2 saturated carbocycles. The lowest BCUT2D eigenvalue weighted by atomic mass is 9.92. The number of carboxylic acids is 1. The summed E-state index contributed by atoms with van der Waals surface area (Å²) < 4.78 is 5.67. The monoisotopic (exact) mass is 460 g/mol. The number of ether oxygens (including phenoxy) is 1. The Balaban J connectivity index is 1.03. The van der Waals surface area contributed by atoms with Gasteiger partial charge in [0.25, 0.3) is 0 Å². The summed E-state index contributed by atoms with van der Waals surface area (Å²) in [6, 6.07) is 16.4. The molecule has 3 unspecified atom stereocenters. The molecule has 4 aliphatic rings. The van der Waals surface area contributed by atoms with Crippen LogP contribution < -0.4 is 5.32 Å². The number of likely N-dealkylation sites (tertiary alicyclic amines) is 1. The highest BCUT2D eigenvalue weighted by Crippen LogP contribution is 2.64. The molecule has 2 amide bonds. The Labute approximate surface area is 198 Å². The number of rotatable bonds is 6. The minimum atomic E-state index is -0.812. The summed E-state index contributed by atoms with van der Waals surface area (Å²) in [5, 5.41) is 11.9. The number of nitrogens with one attached hydrogen (secondary N) is 1. The highest BCUT2D eigenvalue weighted by atomic mass is 16.5. The lowest BCUT2D eigenvalue weighted by Crippen LogP contribution is -2.53. The minimum Gasteiger partial charge on any atom is -0.481 e. The maximum atomic E-state index is 13.0. The third-order valence-corrected chi connectivity index (χ3v) is 8.21. The van der Waals surface area contributed by atoms with E-state index in [4.69, 9.17) is 9.84 Å². The maximum absolute atomic E-state index is 13.0. The molecule has 0 bridgehead atoms. The van der Waals surface area contributed by atoms with Crippen LogP contribution >= 0.6 is 0 Å². The molecule has 1 heterocycles. The van der Waals surface area contributed by atoms with Crippen molar-refractivity contribution in [1.29, 1.82) is 0 Å². The van der Waals surface area contributed by atoms with Crippen molar-refractivity contribution in [3.63, 3.8) is 0 Å². The normalized spacial score (nSPS) is 26.8. The number of carboxylic acid groups (broad SMARTS) is 1. The largest absolute Gasteiger partial charge is 0.481 e. The average molecular weight is 461 g/mol. The quantitative estimate of drug-likeness (QED) is 0.686. The smallest absolute Gasteiger partial charge is 0.407 e. The number of carbonyl (C=O) groups is 3. The summed E-state index contributed by atoms with van der Waals surface area (Å²) >= 11 is 0.